The monoisotopic (exact) mass is 664 g/mol. The quantitative estimate of drug-likeness (QED) is 0.176. The first-order chi connectivity index (χ1) is 22.7. The molecule has 2 aromatic carbocycles. The molecule has 5 rings (SSSR count). The van der Waals surface area contributed by atoms with Gasteiger partial charge >= 0.3 is 18.2 Å². The summed E-state index contributed by atoms with van der Waals surface area (Å²) in [6, 6.07) is 18.4. The van der Waals surface area contributed by atoms with Gasteiger partial charge in [0, 0.05) is 18.7 Å². The normalized spacial score (nSPS) is 14.1. The summed E-state index contributed by atoms with van der Waals surface area (Å²) >= 11 is 0. The molecule has 254 valence electrons. The van der Waals surface area contributed by atoms with E-state index < -0.39 is 29.0 Å². The number of hydrogen-bond acceptors (Lipinski definition) is 7. The van der Waals surface area contributed by atoms with Crippen molar-refractivity contribution in [1.29, 1.82) is 0 Å². The van der Waals surface area contributed by atoms with Crippen LogP contribution < -0.4 is 4.74 Å². The maximum Gasteiger partial charge on any atom is 0.434 e. The number of rotatable bonds is 8. The zero-order valence-corrected chi connectivity index (χ0v) is 27.6. The smallest absolute Gasteiger partial charge is 0.434 e. The van der Waals surface area contributed by atoms with Gasteiger partial charge in [-0.3, -0.25) is 0 Å². The lowest BCUT2D eigenvalue weighted by molar-refractivity contribution is -0.143. The summed E-state index contributed by atoms with van der Waals surface area (Å²) in [5.41, 5.74) is 1.54. The van der Waals surface area contributed by atoms with Crippen LogP contribution in [0.3, 0.4) is 0 Å². The topological polar surface area (TPSA) is 95.8 Å². The van der Waals surface area contributed by atoms with E-state index in [9.17, 15) is 22.8 Å². The number of pyridine rings is 1. The van der Waals surface area contributed by atoms with Crippen molar-refractivity contribution in [2.24, 2.45) is 0 Å². The Morgan fingerprint density at radius 1 is 0.979 bits per heavy atom. The van der Waals surface area contributed by atoms with Gasteiger partial charge in [0.2, 0.25) is 0 Å². The predicted octanol–water partition coefficient (Wildman–Crippen LogP) is 8.13. The minimum absolute atomic E-state index is 0.0773. The molecule has 0 unspecified atom stereocenters. The second-order valence-corrected chi connectivity index (χ2v) is 12.7. The summed E-state index contributed by atoms with van der Waals surface area (Å²) in [5, 5.41) is 3.85. The Morgan fingerprint density at radius 3 is 2.33 bits per heavy atom. The number of ether oxygens (including phenoxy) is 3. The number of likely N-dealkylation sites (tertiary alicyclic amines) is 1. The zero-order chi connectivity index (χ0) is 34.6. The molecule has 1 fully saturated rings. The lowest BCUT2D eigenvalue weighted by Gasteiger charge is -2.33. The molecule has 0 saturated carbocycles. The van der Waals surface area contributed by atoms with Crippen molar-refractivity contribution < 1.29 is 37.0 Å². The largest absolute Gasteiger partial charge is 0.488 e. The highest BCUT2D eigenvalue weighted by atomic mass is 19.4. The number of alkyl halides is 3. The van der Waals surface area contributed by atoms with Crippen molar-refractivity contribution in [3.05, 3.63) is 94.8 Å². The summed E-state index contributed by atoms with van der Waals surface area (Å²) in [5.74, 6) is -0.386. The minimum Gasteiger partial charge on any atom is -0.488 e. The number of nitrogens with zero attached hydrogens (tertiary/aromatic N) is 4. The zero-order valence-electron chi connectivity index (χ0n) is 27.6. The van der Waals surface area contributed by atoms with Crippen molar-refractivity contribution in [1.82, 2.24) is 19.7 Å². The highest BCUT2D eigenvalue weighted by molar-refractivity contribution is 5.90. The predicted molar refractivity (Wildman–Crippen MR) is 173 cm³/mol. The summed E-state index contributed by atoms with van der Waals surface area (Å²) in [6.45, 7) is 10.5. The lowest BCUT2D eigenvalue weighted by atomic mass is 9.89. The van der Waals surface area contributed by atoms with Crippen molar-refractivity contribution in [2.45, 2.75) is 71.8 Å². The molecule has 1 aliphatic heterocycles. The van der Waals surface area contributed by atoms with Crippen LogP contribution in [0.25, 0.3) is 17.1 Å². The Labute approximate surface area is 277 Å². The molecule has 1 aliphatic rings. The lowest BCUT2D eigenvalue weighted by Crippen LogP contribution is -2.41. The average Bonchev–Trinajstić information content (AvgIpc) is 3.51. The standard InChI is InChI=1S/C36H39F3N4O5/c1-6-46-33(44)28-21-40-43(32(28)36(37,38)39)31-9-7-8-29(41-31)27-20-23(2)10-15-30(27)47-22-24-11-13-25(14-12-24)26-16-18-42(19-17-26)34(45)48-35(3,4)5/h7-15,20-21,26H,6,16-19,22H2,1-5H3. The first kappa shape index (κ1) is 34.5. The molecule has 3 heterocycles. The number of hydrogen-bond donors (Lipinski definition) is 0. The number of carbonyl (C=O) groups is 2. The van der Waals surface area contributed by atoms with Crippen molar-refractivity contribution in [3.63, 3.8) is 0 Å². The number of aromatic nitrogens is 3. The van der Waals surface area contributed by atoms with Gasteiger partial charge in [0.1, 0.15) is 23.5 Å². The van der Waals surface area contributed by atoms with Crippen LogP contribution in [0.4, 0.5) is 18.0 Å². The van der Waals surface area contributed by atoms with Gasteiger partial charge < -0.3 is 19.1 Å². The van der Waals surface area contributed by atoms with E-state index >= 15 is 0 Å². The van der Waals surface area contributed by atoms with E-state index in [1.807, 2.05) is 52.0 Å². The SMILES string of the molecule is CCOC(=O)c1cnn(-c2cccc(-c3cc(C)ccc3OCc3ccc(C4CCN(C(=O)OC(C)(C)C)CC4)cc3)n2)c1C(F)(F)F. The van der Waals surface area contributed by atoms with Crippen LogP contribution in [0, 0.1) is 6.92 Å². The van der Waals surface area contributed by atoms with Gasteiger partial charge in [0.05, 0.1) is 18.5 Å². The van der Waals surface area contributed by atoms with E-state index in [1.165, 1.54) is 18.6 Å². The molecule has 0 N–H and O–H groups in total. The van der Waals surface area contributed by atoms with Gasteiger partial charge in [-0.15, -0.1) is 0 Å². The van der Waals surface area contributed by atoms with Crippen LogP contribution in [-0.2, 0) is 22.3 Å². The van der Waals surface area contributed by atoms with Gasteiger partial charge in [-0.2, -0.15) is 18.3 Å². The summed E-state index contributed by atoms with van der Waals surface area (Å²) in [6.07, 6.45) is -2.63. The molecular weight excluding hydrogens is 625 g/mol. The van der Waals surface area contributed by atoms with Crippen molar-refractivity contribution in [2.75, 3.05) is 19.7 Å². The fourth-order valence-electron chi connectivity index (χ4n) is 5.58. The van der Waals surface area contributed by atoms with E-state index in [0.717, 1.165) is 30.2 Å². The Morgan fingerprint density at radius 2 is 1.69 bits per heavy atom. The Balaban J connectivity index is 1.30. The van der Waals surface area contributed by atoms with Gasteiger partial charge in [0.15, 0.2) is 11.5 Å². The summed E-state index contributed by atoms with van der Waals surface area (Å²) in [4.78, 5) is 30.9. The minimum atomic E-state index is -4.89. The van der Waals surface area contributed by atoms with Gasteiger partial charge in [0.25, 0.3) is 0 Å². The van der Waals surface area contributed by atoms with Gasteiger partial charge in [-0.25, -0.2) is 19.3 Å². The molecule has 1 saturated heterocycles. The Hall–Kier alpha value is -4.87. The highest BCUT2D eigenvalue weighted by Gasteiger charge is 2.41. The van der Waals surface area contributed by atoms with Crippen molar-refractivity contribution in [3.8, 4) is 22.8 Å². The van der Waals surface area contributed by atoms with Crippen LogP contribution >= 0.6 is 0 Å². The summed E-state index contributed by atoms with van der Waals surface area (Å²) < 4.78 is 59.5. The average molecular weight is 665 g/mol. The van der Waals surface area contributed by atoms with Crippen LogP contribution in [0.15, 0.2) is 66.9 Å². The van der Waals surface area contributed by atoms with E-state index in [2.05, 4.69) is 22.2 Å². The van der Waals surface area contributed by atoms with E-state index in [0.29, 0.717) is 40.7 Å². The molecule has 48 heavy (non-hydrogen) atoms. The Kier molecular flexibility index (Phi) is 10.1. The van der Waals surface area contributed by atoms with E-state index in [4.69, 9.17) is 14.2 Å². The number of benzene rings is 2. The fraction of sp³-hybridized carbons (Fsp3) is 0.389. The molecule has 2 aromatic heterocycles. The third-order valence-corrected chi connectivity index (χ3v) is 7.89. The molecule has 1 amide bonds. The number of esters is 1. The molecule has 0 atom stereocenters. The molecule has 12 heteroatoms. The molecular formula is C36H39F3N4O5. The number of aryl methyl sites for hydroxylation is 1. The van der Waals surface area contributed by atoms with E-state index in [-0.39, 0.29) is 25.1 Å². The maximum absolute atomic E-state index is 14.1. The van der Waals surface area contributed by atoms with E-state index in [1.54, 1.807) is 23.1 Å². The molecule has 0 spiro atoms. The van der Waals surface area contributed by atoms with Crippen LogP contribution in [0.1, 0.15) is 79.2 Å². The van der Waals surface area contributed by atoms with Crippen LogP contribution in [-0.4, -0.2) is 57.0 Å². The second kappa shape index (κ2) is 14.1. The number of halogens is 3. The van der Waals surface area contributed by atoms with Gasteiger partial charge in [-0.1, -0.05) is 42.0 Å². The number of piperidine rings is 1. The molecule has 0 aliphatic carbocycles. The third kappa shape index (κ3) is 8.15. The number of carbonyl (C=O) groups excluding carboxylic acids is 2. The summed E-state index contributed by atoms with van der Waals surface area (Å²) in [7, 11) is 0. The fourth-order valence-corrected chi connectivity index (χ4v) is 5.58. The highest BCUT2D eigenvalue weighted by Crippen LogP contribution is 2.36. The Bertz CT molecular complexity index is 1750. The first-order valence-electron chi connectivity index (χ1n) is 15.8. The van der Waals surface area contributed by atoms with Crippen molar-refractivity contribution >= 4 is 12.1 Å². The second-order valence-electron chi connectivity index (χ2n) is 12.7. The van der Waals surface area contributed by atoms with Crippen LogP contribution in [0.2, 0.25) is 0 Å². The number of amides is 1. The van der Waals surface area contributed by atoms with Gasteiger partial charge in [-0.05, 0) is 88.8 Å². The third-order valence-electron chi connectivity index (χ3n) is 7.89. The maximum atomic E-state index is 14.1. The molecule has 9 nitrogen and oxygen atoms in total. The molecule has 0 bridgehead atoms. The first-order valence-corrected chi connectivity index (χ1v) is 15.8. The van der Waals surface area contributed by atoms with Crippen LogP contribution in [0.5, 0.6) is 5.75 Å². The molecule has 0 radical (unpaired) electrons. The molecule has 4 aromatic rings.